The number of H-pyrrole nitrogens is 1. The summed E-state index contributed by atoms with van der Waals surface area (Å²) in [4.78, 5) is 39.9. The summed E-state index contributed by atoms with van der Waals surface area (Å²) in [5, 5.41) is 10.9. The number of carbonyl (C=O) groups is 2. The number of aryl methyl sites for hydroxylation is 2. The lowest BCUT2D eigenvalue weighted by Crippen LogP contribution is -2.31. The van der Waals surface area contributed by atoms with E-state index in [1.807, 2.05) is 26.2 Å². The molecule has 184 valence electrons. The summed E-state index contributed by atoms with van der Waals surface area (Å²) in [6.07, 6.45) is 9.41. The Morgan fingerprint density at radius 3 is 2.58 bits per heavy atom. The second-order valence-corrected chi connectivity index (χ2v) is 9.90. The number of rotatable bonds is 6. The molecule has 2 atom stereocenters. The lowest BCUT2D eigenvalue weighted by Gasteiger charge is -2.28. The Hall–Kier alpha value is -4.05. The zero-order valence-electron chi connectivity index (χ0n) is 20.3. The lowest BCUT2D eigenvalue weighted by atomic mass is 9.77. The Morgan fingerprint density at radius 1 is 1.06 bits per heavy atom. The summed E-state index contributed by atoms with van der Waals surface area (Å²) in [7, 11) is 1.86. The quantitative estimate of drug-likeness (QED) is 0.387. The van der Waals surface area contributed by atoms with Crippen molar-refractivity contribution in [1.29, 1.82) is 0 Å². The molecule has 36 heavy (non-hydrogen) atoms. The van der Waals surface area contributed by atoms with Gasteiger partial charge >= 0.3 is 0 Å². The number of pyridine rings is 2. The lowest BCUT2D eigenvalue weighted by molar-refractivity contribution is -0.117. The van der Waals surface area contributed by atoms with Crippen molar-refractivity contribution < 1.29 is 9.59 Å². The van der Waals surface area contributed by atoms with Crippen LogP contribution >= 0.6 is 0 Å². The van der Waals surface area contributed by atoms with Crippen molar-refractivity contribution in [3.63, 3.8) is 0 Å². The highest BCUT2D eigenvalue weighted by atomic mass is 16.2. The van der Waals surface area contributed by atoms with Crippen molar-refractivity contribution >= 4 is 34.2 Å². The number of nitrogens with zero attached hydrogens (tertiary/aromatic N) is 5. The third-order valence-electron chi connectivity index (χ3n) is 7.29. The minimum absolute atomic E-state index is 0.0641. The first-order valence-corrected chi connectivity index (χ1v) is 12.2. The van der Waals surface area contributed by atoms with Crippen LogP contribution in [0.25, 0.3) is 22.3 Å². The molecular weight excluding hydrogens is 456 g/mol. The molecule has 0 radical (unpaired) electrons. The second kappa shape index (κ2) is 8.87. The minimum Gasteiger partial charge on any atom is -0.339 e. The topological polar surface area (TPSA) is 121 Å². The number of amides is 2. The van der Waals surface area contributed by atoms with Gasteiger partial charge in [-0.2, -0.15) is 5.10 Å². The number of hydrogen-bond acceptors (Lipinski definition) is 6. The maximum absolute atomic E-state index is 13.0. The van der Waals surface area contributed by atoms with Crippen molar-refractivity contribution in [2.24, 2.45) is 18.9 Å². The van der Waals surface area contributed by atoms with Crippen LogP contribution in [0, 0.1) is 18.8 Å². The second-order valence-electron chi connectivity index (χ2n) is 9.90. The third kappa shape index (κ3) is 4.35. The van der Waals surface area contributed by atoms with Crippen LogP contribution in [0.1, 0.15) is 28.9 Å². The molecule has 2 aliphatic rings. The van der Waals surface area contributed by atoms with E-state index in [4.69, 9.17) is 0 Å². The summed E-state index contributed by atoms with van der Waals surface area (Å²) in [6.45, 7) is 4.21. The van der Waals surface area contributed by atoms with Gasteiger partial charge in [0.1, 0.15) is 5.65 Å². The first-order valence-electron chi connectivity index (χ1n) is 12.2. The standard InChI is InChI=1S/C26H28N8O2/c1-15-22(7-21(10-27-15)30-24(35)14-34-12-16-3-4-17(16)13-34)32-26(36)19-5-18-6-23(31-25(18)28-8-19)20-9-29-33(2)11-20/h5-11,16-17H,3-4,12-14H2,1-2H3,(H,28,31)(H,30,35)(H,32,36). The molecule has 2 unspecified atom stereocenters. The number of anilines is 2. The number of fused-ring (bicyclic) bond motifs is 2. The molecule has 0 spiro atoms. The average Bonchev–Trinajstić information content (AvgIpc) is 3.53. The van der Waals surface area contributed by atoms with E-state index in [0.29, 0.717) is 34.8 Å². The zero-order valence-corrected chi connectivity index (χ0v) is 20.3. The van der Waals surface area contributed by atoms with Gasteiger partial charge in [0, 0.05) is 43.5 Å². The van der Waals surface area contributed by atoms with Crippen molar-refractivity contribution in [3.8, 4) is 11.3 Å². The minimum atomic E-state index is -0.297. The van der Waals surface area contributed by atoms with Gasteiger partial charge in [0.25, 0.3) is 5.91 Å². The molecule has 4 aromatic heterocycles. The fourth-order valence-electron chi connectivity index (χ4n) is 5.17. The van der Waals surface area contributed by atoms with Crippen LogP contribution in [0.4, 0.5) is 11.4 Å². The van der Waals surface area contributed by atoms with Gasteiger partial charge in [0.05, 0.1) is 47.3 Å². The average molecular weight is 485 g/mol. The van der Waals surface area contributed by atoms with E-state index in [9.17, 15) is 9.59 Å². The van der Waals surface area contributed by atoms with Gasteiger partial charge in [-0.1, -0.05) is 0 Å². The highest BCUT2D eigenvalue weighted by Gasteiger charge is 2.39. The van der Waals surface area contributed by atoms with E-state index in [-0.39, 0.29) is 11.8 Å². The largest absolute Gasteiger partial charge is 0.339 e. The summed E-state index contributed by atoms with van der Waals surface area (Å²) in [5.74, 6) is 1.17. The van der Waals surface area contributed by atoms with E-state index in [1.165, 1.54) is 12.8 Å². The predicted octanol–water partition coefficient (Wildman–Crippen LogP) is 3.20. The molecule has 2 amide bonds. The van der Waals surface area contributed by atoms with Gasteiger partial charge in [0.15, 0.2) is 0 Å². The molecule has 1 aliphatic heterocycles. The fraction of sp³-hybridized carbons (Fsp3) is 0.346. The first-order chi connectivity index (χ1) is 17.4. The van der Waals surface area contributed by atoms with Crippen molar-refractivity contribution in [2.75, 3.05) is 30.3 Å². The molecular formula is C26H28N8O2. The van der Waals surface area contributed by atoms with Gasteiger partial charge in [-0.25, -0.2) is 4.98 Å². The SMILES string of the molecule is Cc1ncc(NC(=O)CN2CC3CCC3C2)cc1NC(=O)c1cnc2[nH]c(-c3cnn(C)c3)cc2c1. The van der Waals surface area contributed by atoms with Crippen molar-refractivity contribution in [1.82, 2.24) is 29.6 Å². The van der Waals surface area contributed by atoms with E-state index < -0.39 is 0 Å². The highest BCUT2D eigenvalue weighted by Crippen LogP contribution is 2.40. The van der Waals surface area contributed by atoms with Crippen LogP contribution < -0.4 is 10.6 Å². The van der Waals surface area contributed by atoms with E-state index in [0.717, 1.165) is 41.6 Å². The smallest absolute Gasteiger partial charge is 0.257 e. The van der Waals surface area contributed by atoms with Crippen LogP contribution in [0.2, 0.25) is 0 Å². The van der Waals surface area contributed by atoms with E-state index in [2.05, 4.69) is 35.6 Å². The maximum Gasteiger partial charge on any atom is 0.257 e. The number of carbonyl (C=O) groups excluding carboxylic acids is 2. The molecule has 10 nitrogen and oxygen atoms in total. The van der Waals surface area contributed by atoms with Crippen LogP contribution in [0.3, 0.4) is 0 Å². The fourth-order valence-corrected chi connectivity index (χ4v) is 5.17. The molecule has 5 heterocycles. The summed E-state index contributed by atoms with van der Waals surface area (Å²) in [5.41, 5.74) is 4.71. The van der Waals surface area contributed by atoms with Crippen LogP contribution in [0.15, 0.2) is 43.0 Å². The number of aromatic amines is 1. The number of aromatic nitrogens is 5. The Bertz CT molecular complexity index is 1460. The molecule has 10 heteroatoms. The van der Waals surface area contributed by atoms with Gasteiger partial charge < -0.3 is 15.6 Å². The highest BCUT2D eigenvalue weighted by molar-refractivity contribution is 6.06. The monoisotopic (exact) mass is 484 g/mol. The maximum atomic E-state index is 13.0. The predicted molar refractivity (Wildman–Crippen MR) is 137 cm³/mol. The normalized spacial score (nSPS) is 19.2. The molecule has 0 aromatic carbocycles. The first kappa shape index (κ1) is 22.4. The number of hydrogen-bond donors (Lipinski definition) is 3. The van der Waals surface area contributed by atoms with E-state index >= 15 is 0 Å². The molecule has 4 aromatic rings. The summed E-state index contributed by atoms with van der Waals surface area (Å²) in [6, 6.07) is 5.49. The molecule has 2 fully saturated rings. The van der Waals surface area contributed by atoms with E-state index in [1.54, 1.807) is 35.4 Å². The Kier molecular flexibility index (Phi) is 5.52. The van der Waals surface area contributed by atoms with Crippen molar-refractivity contribution in [3.05, 3.63) is 54.2 Å². The Labute approximate surface area is 208 Å². The molecule has 1 saturated carbocycles. The van der Waals surface area contributed by atoms with Gasteiger partial charge in [-0.05, 0) is 49.8 Å². The molecule has 6 rings (SSSR count). The van der Waals surface area contributed by atoms with Crippen LogP contribution in [-0.4, -0.2) is 61.1 Å². The van der Waals surface area contributed by atoms with Gasteiger partial charge in [-0.3, -0.25) is 24.2 Å². The van der Waals surface area contributed by atoms with Crippen LogP contribution in [-0.2, 0) is 11.8 Å². The van der Waals surface area contributed by atoms with Crippen LogP contribution in [0.5, 0.6) is 0 Å². The number of nitrogens with one attached hydrogen (secondary N) is 3. The Morgan fingerprint density at radius 2 is 1.86 bits per heavy atom. The van der Waals surface area contributed by atoms with Gasteiger partial charge in [-0.15, -0.1) is 0 Å². The summed E-state index contributed by atoms with van der Waals surface area (Å²) >= 11 is 0. The molecule has 1 aliphatic carbocycles. The molecule has 3 N–H and O–H groups in total. The summed E-state index contributed by atoms with van der Waals surface area (Å²) < 4.78 is 1.73. The number of likely N-dealkylation sites (tertiary alicyclic amines) is 1. The third-order valence-corrected chi connectivity index (χ3v) is 7.29. The van der Waals surface area contributed by atoms with Gasteiger partial charge in [0.2, 0.25) is 5.91 Å². The molecule has 0 bridgehead atoms. The zero-order chi connectivity index (χ0) is 24.8. The van der Waals surface area contributed by atoms with Crippen molar-refractivity contribution in [2.45, 2.75) is 19.8 Å². The molecule has 1 saturated heterocycles. The Balaban J connectivity index is 1.14.